The third kappa shape index (κ3) is 3.55. The van der Waals surface area contributed by atoms with Gasteiger partial charge < -0.3 is 5.73 Å². The molecule has 2 rings (SSSR count). The number of nitrogen functional groups attached to an aromatic ring is 1. The molecule has 0 fully saturated rings. The number of nitrogens with two attached hydrogens (primary N) is 1. The van der Waals surface area contributed by atoms with E-state index in [2.05, 4.69) is 11.6 Å². The van der Waals surface area contributed by atoms with E-state index in [-0.39, 0.29) is 10.6 Å². The maximum absolute atomic E-state index is 12.5. The molecule has 3 N–H and O–H groups in total. The summed E-state index contributed by atoms with van der Waals surface area (Å²) >= 11 is 0. The molecule has 0 aromatic heterocycles. The minimum atomic E-state index is -3.67. The zero-order valence-corrected chi connectivity index (χ0v) is 13.1. The molecule has 0 aliphatic carbocycles. The summed E-state index contributed by atoms with van der Waals surface area (Å²) in [6, 6.07) is 12.5. The lowest BCUT2D eigenvalue weighted by atomic mass is 10.1. The standard InChI is InChI=1S/C16H20N2O2S/c1-3-5-13-8-10-14(11-9-13)18-21(19,20)16-12(2)6-4-7-15(16)17/h4,6-11,18H,3,5,17H2,1-2H3. The maximum Gasteiger partial charge on any atom is 0.264 e. The highest BCUT2D eigenvalue weighted by atomic mass is 32.2. The van der Waals surface area contributed by atoms with E-state index in [0.29, 0.717) is 11.3 Å². The van der Waals surface area contributed by atoms with Crippen LogP contribution in [0.2, 0.25) is 0 Å². The van der Waals surface area contributed by atoms with Crippen molar-refractivity contribution in [3.8, 4) is 0 Å². The summed E-state index contributed by atoms with van der Waals surface area (Å²) in [7, 11) is -3.67. The zero-order chi connectivity index (χ0) is 15.5. The van der Waals surface area contributed by atoms with E-state index in [1.54, 1.807) is 37.3 Å². The van der Waals surface area contributed by atoms with E-state index in [1.807, 2.05) is 12.1 Å². The lowest BCUT2D eigenvalue weighted by Gasteiger charge is -2.12. The van der Waals surface area contributed by atoms with Crippen molar-refractivity contribution in [2.75, 3.05) is 10.5 Å². The first-order valence-electron chi connectivity index (χ1n) is 6.91. The van der Waals surface area contributed by atoms with E-state index >= 15 is 0 Å². The fourth-order valence-corrected chi connectivity index (χ4v) is 3.70. The molecule has 0 atom stereocenters. The van der Waals surface area contributed by atoms with Crippen molar-refractivity contribution in [2.45, 2.75) is 31.6 Å². The van der Waals surface area contributed by atoms with Crippen LogP contribution in [0.1, 0.15) is 24.5 Å². The summed E-state index contributed by atoms with van der Waals surface area (Å²) in [5.74, 6) is 0. The number of benzene rings is 2. The second-order valence-electron chi connectivity index (χ2n) is 5.05. The van der Waals surface area contributed by atoms with Gasteiger partial charge in [-0.25, -0.2) is 8.42 Å². The Labute approximate surface area is 126 Å². The van der Waals surface area contributed by atoms with Gasteiger partial charge in [0.05, 0.1) is 5.69 Å². The third-order valence-electron chi connectivity index (χ3n) is 3.26. The number of sulfonamides is 1. The predicted octanol–water partition coefficient (Wildman–Crippen LogP) is 3.33. The summed E-state index contributed by atoms with van der Waals surface area (Å²) < 4.78 is 27.5. The Balaban J connectivity index is 2.29. The van der Waals surface area contributed by atoms with Crippen LogP contribution in [-0.2, 0) is 16.4 Å². The van der Waals surface area contributed by atoms with Crippen molar-refractivity contribution in [2.24, 2.45) is 0 Å². The van der Waals surface area contributed by atoms with Crippen LogP contribution in [0.25, 0.3) is 0 Å². The molecule has 2 aromatic carbocycles. The molecule has 0 amide bonds. The minimum absolute atomic E-state index is 0.141. The first-order chi connectivity index (χ1) is 9.94. The Hall–Kier alpha value is -2.01. The smallest absolute Gasteiger partial charge is 0.264 e. The van der Waals surface area contributed by atoms with Crippen LogP contribution < -0.4 is 10.5 Å². The molecule has 0 radical (unpaired) electrons. The van der Waals surface area contributed by atoms with Gasteiger partial charge in [-0.15, -0.1) is 0 Å². The largest absolute Gasteiger partial charge is 0.398 e. The number of aryl methyl sites for hydroxylation is 2. The normalized spacial score (nSPS) is 11.3. The molecule has 2 aromatic rings. The van der Waals surface area contributed by atoms with Crippen LogP contribution >= 0.6 is 0 Å². The lowest BCUT2D eigenvalue weighted by Crippen LogP contribution is -2.16. The summed E-state index contributed by atoms with van der Waals surface area (Å²) in [5.41, 5.74) is 8.42. The second-order valence-corrected chi connectivity index (χ2v) is 6.66. The van der Waals surface area contributed by atoms with Crippen LogP contribution in [0.3, 0.4) is 0 Å². The molecule has 0 saturated heterocycles. The zero-order valence-electron chi connectivity index (χ0n) is 12.3. The average Bonchev–Trinajstić information content (AvgIpc) is 2.40. The molecule has 0 saturated carbocycles. The molecule has 0 unspecified atom stereocenters. The summed E-state index contributed by atoms with van der Waals surface area (Å²) in [6.45, 7) is 3.84. The van der Waals surface area contributed by atoms with Crippen LogP contribution in [-0.4, -0.2) is 8.42 Å². The first-order valence-corrected chi connectivity index (χ1v) is 8.39. The van der Waals surface area contributed by atoms with Crippen LogP contribution in [0, 0.1) is 6.92 Å². The van der Waals surface area contributed by atoms with Gasteiger partial charge in [-0.3, -0.25) is 4.72 Å². The third-order valence-corrected chi connectivity index (χ3v) is 4.86. The highest BCUT2D eigenvalue weighted by Gasteiger charge is 2.19. The number of hydrogen-bond acceptors (Lipinski definition) is 3. The lowest BCUT2D eigenvalue weighted by molar-refractivity contribution is 0.601. The van der Waals surface area contributed by atoms with Gasteiger partial charge in [0.1, 0.15) is 4.90 Å². The van der Waals surface area contributed by atoms with E-state index in [1.165, 1.54) is 5.56 Å². The minimum Gasteiger partial charge on any atom is -0.398 e. The molecule has 21 heavy (non-hydrogen) atoms. The van der Waals surface area contributed by atoms with E-state index < -0.39 is 10.0 Å². The van der Waals surface area contributed by atoms with Crippen molar-refractivity contribution < 1.29 is 8.42 Å². The average molecular weight is 304 g/mol. The summed E-state index contributed by atoms with van der Waals surface area (Å²) in [5, 5.41) is 0. The Morgan fingerprint density at radius 1 is 1.10 bits per heavy atom. The van der Waals surface area contributed by atoms with Gasteiger partial charge in [0.25, 0.3) is 10.0 Å². The van der Waals surface area contributed by atoms with Crippen molar-refractivity contribution in [1.29, 1.82) is 0 Å². The Bertz CT molecular complexity index is 702. The van der Waals surface area contributed by atoms with Crippen molar-refractivity contribution in [1.82, 2.24) is 0 Å². The number of anilines is 2. The van der Waals surface area contributed by atoms with Gasteiger partial charge in [-0.2, -0.15) is 0 Å². The molecule has 0 bridgehead atoms. The van der Waals surface area contributed by atoms with Crippen LogP contribution in [0.15, 0.2) is 47.4 Å². The Morgan fingerprint density at radius 2 is 1.76 bits per heavy atom. The summed E-state index contributed by atoms with van der Waals surface area (Å²) in [4.78, 5) is 0.141. The van der Waals surface area contributed by atoms with Gasteiger partial charge in [-0.1, -0.05) is 37.6 Å². The SMILES string of the molecule is CCCc1ccc(NS(=O)(=O)c2c(C)cccc2N)cc1. The van der Waals surface area contributed by atoms with E-state index in [0.717, 1.165) is 12.8 Å². The fourth-order valence-electron chi connectivity index (χ4n) is 2.28. The molecule has 5 heteroatoms. The van der Waals surface area contributed by atoms with Crippen LogP contribution in [0.4, 0.5) is 11.4 Å². The highest BCUT2D eigenvalue weighted by molar-refractivity contribution is 7.93. The molecule has 4 nitrogen and oxygen atoms in total. The molecular weight excluding hydrogens is 284 g/mol. The molecule has 0 heterocycles. The number of nitrogens with one attached hydrogen (secondary N) is 1. The van der Waals surface area contributed by atoms with Crippen molar-refractivity contribution >= 4 is 21.4 Å². The molecule has 0 aliphatic heterocycles. The molecular formula is C16H20N2O2S. The summed E-state index contributed by atoms with van der Waals surface area (Å²) in [6.07, 6.45) is 2.04. The van der Waals surface area contributed by atoms with Gasteiger partial charge in [0, 0.05) is 5.69 Å². The first kappa shape index (κ1) is 15.4. The Kier molecular flexibility index (Phi) is 4.53. The van der Waals surface area contributed by atoms with Gasteiger partial charge in [-0.05, 0) is 42.7 Å². The quantitative estimate of drug-likeness (QED) is 0.832. The monoisotopic (exact) mass is 304 g/mol. The number of rotatable bonds is 5. The molecule has 112 valence electrons. The van der Waals surface area contributed by atoms with Crippen molar-refractivity contribution in [3.05, 3.63) is 53.6 Å². The second kappa shape index (κ2) is 6.18. The van der Waals surface area contributed by atoms with Gasteiger partial charge in [0.15, 0.2) is 0 Å². The van der Waals surface area contributed by atoms with E-state index in [9.17, 15) is 8.42 Å². The van der Waals surface area contributed by atoms with Crippen LogP contribution in [0.5, 0.6) is 0 Å². The topological polar surface area (TPSA) is 72.2 Å². The van der Waals surface area contributed by atoms with Gasteiger partial charge in [0.2, 0.25) is 0 Å². The number of hydrogen-bond donors (Lipinski definition) is 2. The van der Waals surface area contributed by atoms with Crippen molar-refractivity contribution in [3.63, 3.8) is 0 Å². The highest BCUT2D eigenvalue weighted by Crippen LogP contribution is 2.25. The maximum atomic E-state index is 12.5. The molecule has 0 spiro atoms. The predicted molar refractivity (Wildman–Crippen MR) is 86.8 cm³/mol. The Morgan fingerprint density at radius 3 is 2.33 bits per heavy atom. The molecule has 0 aliphatic rings. The fraction of sp³-hybridized carbons (Fsp3) is 0.250. The van der Waals surface area contributed by atoms with E-state index in [4.69, 9.17) is 5.73 Å². The van der Waals surface area contributed by atoms with Gasteiger partial charge >= 0.3 is 0 Å².